The fraction of sp³-hybridized carbons (Fsp3) is 0.278. The Kier molecular flexibility index (Phi) is 13.8. The molecule has 0 fully saturated rings. The van der Waals surface area contributed by atoms with Crippen molar-refractivity contribution in [2.75, 3.05) is 20.1 Å². The summed E-state index contributed by atoms with van der Waals surface area (Å²) < 4.78 is 56.1. The van der Waals surface area contributed by atoms with Gasteiger partial charge in [0.25, 0.3) is 20.0 Å². The van der Waals surface area contributed by atoms with Crippen molar-refractivity contribution >= 4 is 66.5 Å². The highest BCUT2D eigenvalue weighted by Gasteiger charge is 2.23. The predicted molar refractivity (Wildman–Crippen MR) is 201 cm³/mol. The van der Waals surface area contributed by atoms with Gasteiger partial charge in [-0.1, -0.05) is 38.8 Å². The molecule has 0 saturated carbocycles. The monoisotopic (exact) mass is 780 g/mol. The average Bonchev–Trinajstić information content (AvgIpc) is 3.13. The van der Waals surface area contributed by atoms with E-state index in [2.05, 4.69) is 30.0 Å². The number of unbranched alkanes of at least 4 members (excludes halogenated alkanes) is 2. The van der Waals surface area contributed by atoms with Crippen molar-refractivity contribution in [2.45, 2.75) is 75.3 Å². The number of rotatable bonds is 19. The molecule has 2 aromatic heterocycles. The first kappa shape index (κ1) is 40.9. The minimum atomic E-state index is -4.24. The van der Waals surface area contributed by atoms with Gasteiger partial charge < -0.3 is 20.8 Å². The quantitative estimate of drug-likeness (QED) is 0.0689. The number of carboxylic acids is 2. The summed E-state index contributed by atoms with van der Waals surface area (Å²) in [6.07, 6.45) is 7.40. The SMILES string of the molecule is CCCCc1ccc(S(=O)(=O)Nc2ccc(NC(=O)CCC(=O)Nc3ccc(NS(=O)(=O)c4ccc(CCCC)cn4)c(C(=O)O)c3)cc2C(=O)O)nc1. The molecule has 2 aromatic carbocycles. The molecule has 286 valence electrons. The van der Waals surface area contributed by atoms with Crippen molar-refractivity contribution in [3.63, 3.8) is 0 Å². The summed E-state index contributed by atoms with van der Waals surface area (Å²) in [6.45, 7) is 4.06. The second kappa shape index (κ2) is 18.2. The van der Waals surface area contributed by atoms with Gasteiger partial charge in [0.15, 0.2) is 10.1 Å². The number of carbonyl (C=O) groups excluding carboxylic acids is 2. The van der Waals surface area contributed by atoms with E-state index in [1.165, 1.54) is 48.8 Å². The van der Waals surface area contributed by atoms with Gasteiger partial charge in [-0.25, -0.2) is 19.6 Å². The van der Waals surface area contributed by atoms with E-state index in [4.69, 9.17) is 0 Å². The third-order valence-corrected chi connectivity index (χ3v) is 10.5. The lowest BCUT2D eigenvalue weighted by Crippen LogP contribution is -2.19. The van der Waals surface area contributed by atoms with Crippen molar-refractivity contribution in [1.29, 1.82) is 0 Å². The zero-order valence-electron chi connectivity index (χ0n) is 29.5. The van der Waals surface area contributed by atoms with Crippen LogP contribution in [0, 0.1) is 0 Å². The summed E-state index contributed by atoms with van der Waals surface area (Å²) in [6, 6.07) is 13.0. The maximum absolute atomic E-state index is 12.9. The number of aromatic carboxylic acids is 2. The summed E-state index contributed by atoms with van der Waals surface area (Å²) in [5.41, 5.74) is 0.338. The third-order valence-electron chi connectivity index (χ3n) is 7.92. The van der Waals surface area contributed by atoms with Crippen LogP contribution in [0.2, 0.25) is 0 Å². The van der Waals surface area contributed by atoms with Gasteiger partial charge in [-0.05, 0) is 85.3 Å². The number of anilines is 4. The lowest BCUT2D eigenvalue weighted by molar-refractivity contribution is -0.121. The normalized spacial score (nSPS) is 11.4. The van der Waals surface area contributed by atoms with Crippen LogP contribution in [0.3, 0.4) is 0 Å². The maximum atomic E-state index is 12.9. The average molecular weight is 781 g/mol. The number of aryl methyl sites for hydroxylation is 2. The second-order valence-corrected chi connectivity index (χ2v) is 15.4. The number of aromatic nitrogens is 2. The topological polar surface area (TPSA) is 251 Å². The molecule has 0 aliphatic rings. The molecule has 2 heterocycles. The van der Waals surface area contributed by atoms with Gasteiger partial charge in [-0.15, -0.1) is 0 Å². The lowest BCUT2D eigenvalue weighted by atomic mass is 10.1. The zero-order chi connectivity index (χ0) is 39.5. The van der Waals surface area contributed by atoms with E-state index in [0.29, 0.717) is 0 Å². The highest BCUT2D eigenvalue weighted by atomic mass is 32.2. The Morgan fingerprint density at radius 1 is 0.593 bits per heavy atom. The number of amides is 2. The number of hydrogen-bond donors (Lipinski definition) is 6. The van der Waals surface area contributed by atoms with E-state index in [0.717, 1.165) is 61.8 Å². The Hall–Kier alpha value is -5.88. The van der Waals surface area contributed by atoms with Crippen molar-refractivity contribution in [3.05, 3.63) is 95.3 Å². The molecule has 0 unspecified atom stereocenters. The van der Waals surface area contributed by atoms with Gasteiger partial charge in [0.1, 0.15) is 0 Å². The molecule has 54 heavy (non-hydrogen) atoms. The maximum Gasteiger partial charge on any atom is 0.337 e. The van der Waals surface area contributed by atoms with Crippen molar-refractivity contribution < 1.29 is 46.2 Å². The molecule has 0 bridgehead atoms. The molecule has 16 nitrogen and oxygen atoms in total. The molecule has 0 aliphatic carbocycles. The van der Waals surface area contributed by atoms with Crippen LogP contribution in [0.1, 0.15) is 84.2 Å². The van der Waals surface area contributed by atoms with Crippen LogP contribution >= 0.6 is 0 Å². The van der Waals surface area contributed by atoms with E-state index >= 15 is 0 Å². The zero-order valence-corrected chi connectivity index (χ0v) is 31.1. The summed E-state index contributed by atoms with van der Waals surface area (Å²) in [5.74, 6) is -4.30. The van der Waals surface area contributed by atoms with Crippen molar-refractivity contribution in [1.82, 2.24) is 9.97 Å². The first-order valence-corrected chi connectivity index (χ1v) is 19.9. The Morgan fingerprint density at radius 3 is 1.30 bits per heavy atom. The minimum absolute atomic E-state index is 0.0194. The van der Waals surface area contributed by atoms with Gasteiger partial charge in [0, 0.05) is 36.6 Å². The van der Waals surface area contributed by atoms with Gasteiger partial charge in [0.2, 0.25) is 11.8 Å². The molecular formula is C36H40N6O10S2. The van der Waals surface area contributed by atoms with Crippen LogP contribution in [0.25, 0.3) is 0 Å². The number of pyridine rings is 2. The summed E-state index contributed by atoms with van der Waals surface area (Å²) >= 11 is 0. The highest BCUT2D eigenvalue weighted by molar-refractivity contribution is 7.93. The molecule has 0 atom stereocenters. The van der Waals surface area contributed by atoms with Crippen LogP contribution in [-0.2, 0) is 42.5 Å². The number of carbonyl (C=O) groups is 4. The van der Waals surface area contributed by atoms with E-state index in [9.17, 15) is 46.2 Å². The van der Waals surface area contributed by atoms with Crippen LogP contribution in [0.4, 0.5) is 22.7 Å². The van der Waals surface area contributed by atoms with Gasteiger partial charge in [-0.2, -0.15) is 16.8 Å². The number of nitrogens with one attached hydrogen (secondary N) is 4. The van der Waals surface area contributed by atoms with Crippen LogP contribution in [0.5, 0.6) is 0 Å². The van der Waals surface area contributed by atoms with E-state index in [1.807, 2.05) is 13.8 Å². The fourth-order valence-electron chi connectivity index (χ4n) is 5.04. The molecule has 0 spiro atoms. The number of sulfonamides is 2. The molecular weight excluding hydrogens is 741 g/mol. The highest BCUT2D eigenvalue weighted by Crippen LogP contribution is 2.26. The molecule has 0 aliphatic heterocycles. The van der Waals surface area contributed by atoms with E-state index in [-0.39, 0.29) is 45.6 Å². The Morgan fingerprint density at radius 2 is 0.981 bits per heavy atom. The molecule has 18 heteroatoms. The van der Waals surface area contributed by atoms with Gasteiger partial charge in [-0.3, -0.25) is 19.0 Å². The Balaban J connectivity index is 1.35. The third kappa shape index (κ3) is 11.3. The molecule has 6 N–H and O–H groups in total. The van der Waals surface area contributed by atoms with Crippen molar-refractivity contribution in [2.24, 2.45) is 0 Å². The van der Waals surface area contributed by atoms with Gasteiger partial charge >= 0.3 is 11.9 Å². The summed E-state index contributed by atoms with van der Waals surface area (Å²) in [4.78, 5) is 57.2. The smallest absolute Gasteiger partial charge is 0.337 e. The number of carboxylic acid groups (broad SMARTS) is 2. The molecule has 4 rings (SSSR count). The molecule has 4 aromatic rings. The van der Waals surface area contributed by atoms with Crippen LogP contribution in [0.15, 0.2) is 83.1 Å². The first-order valence-electron chi connectivity index (χ1n) is 16.9. The lowest BCUT2D eigenvalue weighted by Gasteiger charge is -2.13. The Bertz CT molecular complexity index is 2070. The standard InChI is InChI=1S/C36H40N6O10S2/c1-3-5-7-23-9-17-33(37-21-23)53(49,50)41-29-13-11-25(19-27(29)35(45)46)39-31(43)15-16-32(44)40-26-12-14-30(28(20-26)36(47)48)42-54(51,52)34-18-10-24(22-38-34)8-6-4-2/h9-14,17-22,41-42H,3-8,15-16H2,1-2H3,(H,39,43)(H,40,44)(H,45,46)(H,47,48). The second-order valence-electron chi connectivity index (χ2n) is 12.2. The van der Waals surface area contributed by atoms with Crippen molar-refractivity contribution in [3.8, 4) is 0 Å². The minimum Gasteiger partial charge on any atom is -0.478 e. The first-order chi connectivity index (χ1) is 25.6. The largest absolute Gasteiger partial charge is 0.478 e. The van der Waals surface area contributed by atoms with Gasteiger partial charge in [0.05, 0.1) is 22.5 Å². The predicted octanol–water partition coefficient (Wildman–Crippen LogP) is 5.52. The van der Waals surface area contributed by atoms with Crippen LogP contribution in [-0.4, -0.2) is 60.8 Å². The summed E-state index contributed by atoms with van der Waals surface area (Å²) in [7, 11) is -8.48. The number of hydrogen-bond acceptors (Lipinski definition) is 10. The molecule has 0 saturated heterocycles. The fourth-order valence-corrected chi connectivity index (χ4v) is 7.06. The number of benzene rings is 2. The Labute approximate surface area is 312 Å². The summed E-state index contributed by atoms with van der Waals surface area (Å²) in [5, 5.41) is 23.8. The molecule has 2 amide bonds. The molecule has 0 radical (unpaired) electrons. The van der Waals surface area contributed by atoms with E-state index < -0.39 is 54.9 Å². The van der Waals surface area contributed by atoms with E-state index in [1.54, 1.807) is 12.1 Å². The van der Waals surface area contributed by atoms with Crippen LogP contribution < -0.4 is 20.1 Å². The number of nitrogens with zero attached hydrogens (tertiary/aromatic N) is 2.